The van der Waals surface area contributed by atoms with E-state index in [0.717, 1.165) is 16.6 Å². The van der Waals surface area contributed by atoms with Crippen LogP contribution in [0.2, 0.25) is 0 Å². The van der Waals surface area contributed by atoms with Gasteiger partial charge in [-0.3, -0.25) is 0 Å². The molecule has 0 aliphatic heterocycles. The summed E-state index contributed by atoms with van der Waals surface area (Å²) in [6, 6.07) is 29.0. The van der Waals surface area contributed by atoms with Crippen LogP contribution in [0.15, 0.2) is 84.9 Å². The van der Waals surface area contributed by atoms with Gasteiger partial charge in [0.05, 0.1) is 11.0 Å². The maximum absolute atomic E-state index is 9.01. The molecule has 5 aromatic rings. The predicted octanol–water partition coefficient (Wildman–Crippen LogP) is 4.84. The minimum Gasteiger partial charge on any atom is -0.537 e. The minimum absolute atomic E-state index is 0.601. The molecule has 0 saturated heterocycles. The summed E-state index contributed by atoms with van der Waals surface area (Å²) in [6.07, 6.45) is 0. The molecule has 123 valence electrons. The van der Waals surface area contributed by atoms with Crippen molar-refractivity contribution in [3.8, 4) is 11.4 Å². The Hall–Kier alpha value is -3.24. The lowest BCUT2D eigenvalue weighted by Crippen LogP contribution is -2.00. The number of nitrogens with zero attached hydrogens (tertiary/aromatic N) is 1. The third-order valence-corrected chi connectivity index (χ3v) is 4.83. The maximum Gasteiger partial charge on any atom is 0.569 e. The van der Waals surface area contributed by atoms with Gasteiger partial charge < -0.3 is 14.2 Å². The summed E-state index contributed by atoms with van der Waals surface area (Å²) in [5, 5.41) is 13.8. The molecule has 1 N–H and O–H groups in total. The van der Waals surface area contributed by atoms with Crippen LogP contribution in [0.5, 0.6) is 5.75 Å². The molecule has 0 fully saturated rings. The highest BCUT2D eigenvalue weighted by Crippen LogP contribution is 2.37. The molecule has 0 spiro atoms. The van der Waals surface area contributed by atoms with E-state index in [9.17, 15) is 0 Å². The third kappa shape index (κ3) is 2.20. The number of hydrogen-bond acceptors (Lipinski definition) is 2. The molecule has 0 saturated carbocycles. The molecule has 1 heterocycles. The van der Waals surface area contributed by atoms with E-state index in [0.29, 0.717) is 13.4 Å². The Balaban J connectivity index is 2.00. The minimum atomic E-state index is 0.601. The molecular formula is C22H15BNO2. The van der Waals surface area contributed by atoms with Gasteiger partial charge in [0.15, 0.2) is 0 Å². The molecule has 1 radical (unpaired) electrons. The van der Waals surface area contributed by atoms with Crippen LogP contribution in [0, 0.1) is 0 Å². The molecular weight excluding hydrogens is 321 g/mol. The second kappa shape index (κ2) is 5.93. The molecule has 4 heteroatoms. The van der Waals surface area contributed by atoms with Crippen molar-refractivity contribution in [2.75, 3.05) is 0 Å². The average molecular weight is 336 g/mol. The lowest BCUT2D eigenvalue weighted by atomic mass is 10.1. The van der Waals surface area contributed by atoms with Crippen molar-refractivity contribution in [2.24, 2.45) is 0 Å². The van der Waals surface area contributed by atoms with Crippen LogP contribution in [-0.4, -0.2) is 17.3 Å². The second-order valence-electron chi connectivity index (χ2n) is 6.26. The molecule has 5 rings (SSSR count). The molecule has 1 aromatic heterocycles. The standard InChI is InChI=1S/C22H15BNO2/c25-23-26-17-11-13-19-20-12-10-15-6-4-5-9-18(15)22(20)24(21(19)14-17)16-7-2-1-3-8-16/h1-14,25H. The second-order valence-corrected chi connectivity index (χ2v) is 6.26. The van der Waals surface area contributed by atoms with Crippen LogP contribution >= 0.6 is 0 Å². The first-order chi connectivity index (χ1) is 12.9. The van der Waals surface area contributed by atoms with Gasteiger partial charge in [-0.25, -0.2) is 0 Å². The Bertz CT molecular complexity index is 1240. The van der Waals surface area contributed by atoms with Crippen molar-refractivity contribution in [1.82, 2.24) is 4.57 Å². The number of para-hydroxylation sites is 1. The summed E-state index contributed by atoms with van der Waals surface area (Å²) in [5.74, 6) is 0.601. The van der Waals surface area contributed by atoms with Crippen LogP contribution in [0.25, 0.3) is 38.3 Å². The van der Waals surface area contributed by atoms with Crippen LogP contribution in [-0.2, 0) is 0 Å². The fraction of sp³-hybridized carbons (Fsp3) is 0. The van der Waals surface area contributed by atoms with Crippen LogP contribution < -0.4 is 4.65 Å². The van der Waals surface area contributed by atoms with Gasteiger partial charge in [-0.1, -0.05) is 54.6 Å². The van der Waals surface area contributed by atoms with Gasteiger partial charge >= 0.3 is 7.69 Å². The van der Waals surface area contributed by atoms with Crippen LogP contribution in [0.3, 0.4) is 0 Å². The van der Waals surface area contributed by atoms with Gasteiger partial charge in [0.1, 0.15) is 5.75 Å². The monoisotopic (exact) mass is 336 g/mol. The smallest absolute Gasteiger partial charge is 0.537 e. The highest BCUT2D eigenvalue weighted by atomic mass is 16.5. The summed E-state index contributed by atoms with van der Waals surface area (Å²) in [7, 11) is 0.714. The van der Waals surface area contributed by atoms with Crippen molar-refractivity contribution >= 4 is 40.3 Å². The van der Waals surface area contributed by atoms with E-state index < -0.39 is 0 Å². The highest BCUT2D eigenvalue weighted by Gasteiger charge is 2.15. The van der Waals surface area contributed by atoms with Crippen molar-refractivity contribution < 1.29 is 9.68 Å². The molecule has 0 aliphatic carbocycles. The number of fused-ring (bicyclic) bond motifs is 5. The van der Waals surface area contributed by atoms with Gasteiger partial charge in [0.2, 0.25) is 0 Å². The zero-order chi connectivity index (χ0) is 17.5. The molecule has 4 aromatic carbocycles. The third-order valence-electron chi connectivity index (χ3n) is 4.83. The Kier molecular flexibility index (Phi) is 3.44. The fourth-order valence-electron chi connectivity index (χ4n) is 3.74. The Labute approximate surface area is 151 Å². The van der Waals surface area contributed by atoms with Gasteiger partial charge in [-0.15, -0.1) is 0 Å². The van der Waals surface area contributed by atoms with Gasteiger partial charge in [-0.2, -0.15) is 0 Å². The first-order valence-corrected chi connectivity index (χ1v) is 8.51. The van der Waals surface area contributed by atoms with Crippen LogP contribution in [0.1, 0.15) is 0 Å². The largest absolute Gasteiger partial charge is 0.569 e. The molecule has 0 atom stereocenters. The molecule has 26 heavy (non-hydrogen) atoms. The molecule has 0 aliphatic rings. The molecule has 0 amide bonds. The van der Waals surface area contributed by atoms with E-state index in [1.807, 2.05) is 36.4 Å². The maximum atomic E-state index is 9.01. The quantitative estimate of drug-likeness (QED) is 0.478. The number of aromatic nitrogens is 1. The zero-order valence-electron chi connectivity index (χ0n) is 14.0. The summed E-state index contributed by atoms with van der Waals surface area (Å²) in [5.41, 5.74) is 3.31. The van der Waals surface area contributed by atoms with E-state index >= 15 is 0 Å². The lowest BCUT2D eigenvalue weighted by Gasteiger charge is -2.10. The normalized spacial score (nSPS) is 11.3. The SMILES string of the molecule is O[B]Oc1ccc2c3ccc4ccccc4c3n(-c3ccccc3)c2c1. The van der Waals surface area contributed by atoms with Crippen molar-refractivity contribution in [3.05, 3.63) is 84.9 Å². The topological polar surface area (TPSA) is 34.4 Å². The van der Waals surface area contributed by atoms with E-state index in [-0.39, 0.29) is 0 Å². The van der Waals surface area contributed by atoms with E-state index in [2.05, 4.69) is 53.1 Å². The lowest BCUT2D eigenvalue weighted by molar-refractivity contribution is 0.454. The first kappa shape index (κ1) is 15.1. The van der Waals surface area contributed by atoms with Crippen molar-refractivity contribution in [1.29, 1.82) is 0 Å². The van der Waals surface area contributed by atoms with E-state index in [1.165, 1.54) is 21.7 Å². The summed E-state index contributed by atoms with van der Waals surface area (Å²) < 4.78 is 7.47. The molecule has 0 bridgehead atoms. The number of hydrogen-bond donors (Lipinski definition) is 1. The Morgan fingerprint density at radius 2 is 1.50 bits per heavy atom. The van der Waals surface area contributed by atoms with Crippen LogP contribution in [0.4, 0.5) is 0 Å². The van der Waals surface area contributed by atoms with Crippen molar-refractivity contribution in [2.45, 2.75) is 0 Å². The molecule has 0 unspecified atom stereocenters. The number of rotatable bonds is 3. The number of benzene rings is 4. The Morgan fingerprint density at radius 1 is 0.731 bits per heavy atom. The Morgan fingerprint density at radius 3 is 2.35 bits per heavy atom. The van der Waals surface area contributed by atoms with Gasteiger partial charge in [0, 0.05) is 27.9 Å². The fourth-order valence-corrected chi connectivity index (χ4v) is 3.74. The van der Waals surface area contributed by atoms with Gasteiger partial charge in [-0.05, 0) is 29.7 Å². The summed E-state index contributed by atoms with van der Waals surface area (Å²) in [4.78, 5) is 0. The zero-order valence-corrected chi connectivity index (χ0v) is 14.0. The summed E-state index contributed by atoms with van der Waals surface area (Å²) in [6.45, 7) is 0. The van der Waals surface area contributed by atoms with E-state index in [4.69, 9.17) is 9.68 Å². The average Bonchev–Trinajstić information content (AvgIpc) is 3.03. The molecule has 3 nitrogen and oxygen atoms in total. The van der Waals surface area contributed by atoms with Gasteiger partial charge in [0.25, 0.3) is 0 Å². The summed E-state index contributed by atoms with van der Waals surface area (Å²) >= 11 is 0. The predicted molar refractivity (Wildman–Crippen MR) is 107 cm³/mol. The van der Waals surface area contributed by atoms with Crippen molar-refractivity contribution in [3.63, 3.8) is 0 Å². The first-order valence-electron chi connectivity index (χ1n) is 8.51. The van der Waals surface area contributed by atoms with E-state index in [1.54, 1.807) is 0 Å². The highest BCUT2D eigenvalue weighted by molar-refractivity contribution is 6.19.